The number of nitrogens with zero attached hydrogens (tertiary/aromatic N) is 1. The number of carbonyl (C=O) groups is 1. The minimum absolute atomic E-state index is 0.0881. The third kappa shape index (κ3) is 3.40. The Morgan fingerprint density at radius 2 is 1.95 bits per heavy atom. The molecule has 1 unspecified atom stereocenters. The molecule has 1 amide bonds. The first-order valence-electron chi connectivity index (χ1n) is 7.77. The maximum atomic E-state index is 12.5. The van der Waals surface area contributed by atoms with E-state index in [1.807, 2.05) is 18.7 Å². The summed E-state index contributed by atoms with van der Waals surface area (Å²) in [5.74, 6) is 0.825. The van der Waals surface area contributed by atoms with Crippen LogP contribution in [0.4, 0.5) is 0 Å². The first kappa shape index (κ1) is 15.0. The third-order valence-corrected chi connectivity index (χ3v) is 4.25. The molecule has 3 heteroatoms. The van der Waals surface area contributed by atoms with E-state index < -0.39 is 0 Å². The van der Waals surface area contributed by atoms with E-state index in [4.69, 9.17) is 5.73 Å². The highest BCUT2D eigenvalue weighted by Gasteiger charge is 2.28. The van der Waals surface area contributed by atoms with E-state index in [9.17, 15) is 4.79 Å². The molecule has 0 bridgehead atoms. The van der Waals surface area contributed by atoms with Gasteiger partial charge < -0.3 is 10.6 Å². The maximum Gasteiger partial charge on any atom is 0.227 e. The molecule has 0 radical (unpaired) electrons. The van der Waals surface area contributed by atoms with E-state index in [1.165, 1.54) is 24.0 Å². The fourth-order valence-electron chi connectivity index (χ4n) is 2.84. The van der Waals surface area contributed by atoms with Crippen LogP contribution in [0.15, 0.2) is 24.3 Å². The molecule has 3 nitrogen and oxygen atoms in total. The second-order valence-corrected chi connectivity index (χ2v) is 5.62. The Labute approximate surface area is 122 Å². The summed E-state index contributed by atoms with van der Waals surface area (Å²) < 4.78 is 0. The number of benzene rings is 1. The molecular weight excluding hydrogens is 248 g/mol. The van der Waals surface area contributed by atoms with E-state index in [0.29, 0.717) is 12.5 Å². The molecule has 0 spiro atoms. The Morgan fingerprint density at radius 3 is 2.50 bits per heavy atom. The van der Waals surface area contributed by atoms with E-state index in [1.54, 1.807) is 0 Å². The highest BCUT2D eigenvalue weighted by Crippen LogP contribution is 2.42. The van der Waals surface area contributed by atoms with Crippen molar-refractivity contribution in [1.29, 1.82) is 0 Å². The van der Waals surface area contributed by atoms with Gasteiger partial charge in [0.05, 0.1) is 5.92 Å². The molecule has 1 aliphatic rings. The maximum absolute atomic E-state index is 12.5. The summed E-state index contributed by atoms with van der Waals surface area (Å²) in [6.07, 6.45) is 3.35. The van der Waals surface area contributed by atoms with Crippen LogP contribution in [0.3, 0.4) is 0 Å². The highest BCUT2D eigenvalue weighted by molar-refractivity contribution is 5.79. The number of nitrogens with two attached hydrogens (primary N) is 1. The van der Waals surface area contributed by atoms with Crippen molar-refractivity contribution in [3.8, 4) is 0 Å². The smallest absolute Gasteiger partial charge is 0.227 e. The van der Waals surface area contributed by atoms with Crippen molar-refractivity contribution in [3.05, 3.63) is 35.4 Å². The van der Waals surface area contributed by atoms with Crippen LogP contribution >= 0.6 is 0 Å². The molecule has 2 N–H and O–H groups in total. The second kappa shape index (κ2) is 6.89. The number of rotatable bonds is 7. The van der Waals surface area contributed by atoms with Gasteiger partial charge in [0.2, 0.25) is 5.91 Å². The van der Waals surface area contributed by atoms with Crippen LogP contribution in [0.2, 0.25) is 0 Å². The summed E-state index contributed by atoms with van der Waals surface area (Å²) in [5, 5.41) is 0. The van der Waals surface area contributed by atoms with Gasteiger partial charge >= 0.3 is 0 Å². The molecule has 1 fully saturated rings. The lowest BCUT2D eigenvalue weighted by Crippen LogP contribution is -2.40. The zero-order chi connectivity index (χ0) is 14.5. The molecule has 2 rings (SSSR count). The van der Waals surface area contributed by atoms with E-state index in [0.717, 1.165) is 19.5 Å². The van der Waals surface area contributed by atoms with Crippen molar-refractivity contribution in [2.75, 3.05) is 19.6 Å². The molecule has 1 aromatic carbocycles. The monoisotopic (exact) mass is 274 g/mol. The van der Waals surface area contributed by atoms with E-state index in [-0.39, 0.29) is 11.8 Å². The van der Waals surface area contributed by atoms with Crippen molar-refractivity contribution in [1.82, 2.24) is 4.90 Å². The lowest BCUT2D eigenvalue weighted by molar-refractivity contribution is -0.134. The van der Waals surface area contributed by atoms with Crippen molar-refractivity contribution >= 4 is 5.91 Å². The minimum atomic E-state index is -0.0881. The topological polar surface area (TPSA) is 46.3 Å². The van der Waals surface area contributed by atoms with Crippen LogP contribution in [0, 0.1) is 5.92 Å². The number of hydrogen-bond donors (Lipinski definition) is 1. The lowest BCUT2D eigenvalue weighted by atomic mass is 9.92. The van der Waals surface area contributed by atoms with Crippen LogP contribution in [-0.2, 0) is 11.2 Å². The van der Waals surface area contributed by atoms with Gasteiger partial charge in [0.15, 0.2) is 0 Å². The molecule has 110 valence electrons. The van der Waals surface area contributed by atoms with Gasteiger partial charge in [-0.2, -0.15) is 0 Å². The fraction of sp³-hybridized carbons (Fsp3) is 0.588. The molecule has 1 aromatic rings. The average molecular weight is 274 g/mol. The quantitative estimate of drug-likeness (QED) is 0.830. The number of hydrogen-bond acceptors (Lipinski definition) is 2. The Morgan fingerprint density at radius 1 is 1.30 bits per heavy atom. The van der Waals surface area contributed by atoms with Gasteiger partial charge in [-0.15, -0.1) is 0 Å². The van der Waals surface area contributed by atoms with Crippen LogP contribution < -0.4 is 5.73 Å². The van der Waals surface area contributed by atoms with Gasteiger partial charge in [-0.25, -0.2) is 0 Å². The Kier molecular flexibility index (Phi) is 5.18. The van der Waals surface area contributed by atoms with Crippen LogP contribution in [0.5, 0.6) is 0 Å². The van der Waals surface area contributed by atoms with E-state index >= 15 is 0 Å². The molecule has 1 atom stereocenters. The Bertz CT molecular complexity index is 450. The molecule has 1 saturated carbocycles. The van der Waals surface area contributed by atoms with Gasteiger partial charge in [-0.1, -0.05) is 24.3 Å². The number of amides is 1. The first-order chi connectivity index (χ1) is 9.71. The average Bonchev–Trinajstić information content (AvgIpc) is 3.31. The summed E-state index contributed by atoms with van der Waals surface area (Å²) in [7, 11) is 0. The highest BCUT2D eigenvalue weighted by atomic mass is 16.2. The normalized spacial score (nSPS) is 15.9. The molecular formula is C17H26N2O. The van der Waals surface area contributed by atoms with Gasteiger partial charge in [0.1, 0.15) is 0 Å². The summed E-state index contributed by atoms with van der Waals surface area (Å²) in [4.78, 5) is 14.4. The van der Waals surface area contributed by atoms with Crippen molar-refractivity contribution in [2.45, 2.75) is 39.0 Å². The van der Waals surface area contributed by atoms with Gasteiger partial charge in [0, 0.05) is 19.6 Å². The second-order valence-electron chi connectivity index (χ2n) is 5.62. The van der Waals surface area contributed by atoms with Gasteiger partial charge in [0.25, 0.3) is 0 Å². The summed E-state index contributed by atoms with van der Waals surface area (Å²) in [5.41, 5.74) is 8.60. The van der Waals surface area contributed by atoms with Crippen molar-refractivity contribution in [3.63, 3.8) is 0 Å². The Hall–Kier alpha value is -1.35. The molecule has 0 aromatic heterocycles. The van der Waals surface area contributed by atoms with Crippen molar-refractivity contribution in [2.24, 2.45) is 11.7 Å². The molecule has 20 heavy (non-hydrogen) atoms. The van der Waals surface area contributed by atoms with Crippen LogP contribution in [0.1, 0.15) is 43.7 Å². The van der Waals surface area contributed by atoms with Crippen molar-refractivity contribution < 1.29 is 4.79 Å². The van der Waals surface area contributed by atoms with E-state index in [2.05, 4.69) is 24.3 Å². The summed E-state index contributed by atoms with van der Waals surface area (Å²) >= 11 is 0. The van der Waals surface area contributed by atoms with Gasteiger partial charge in [-0.3, -0.25) is 4.79 Å². The van der Waals surface area contributed by atoms with Crippen LogP contribution in [0.25, 0.3) is 0 Å². The summed E-state index contributed by atoms with van der Waals surface area (Å²) in [6, 6.07) is 8.53. The third-order valence-electron chi connectivity index (χ3n) is 4.25. The molecule has 0 aliphatic heterocycles. The zero-order valence-electron chi connectivity index (χ0n) is 12.6. The number of carbonyl (C=O) groups excluding carboxylic acids is 1. The standard InChI is InChI=1S/C17H26N2O/c1-3-19(4-2)17(20)15(12-18)11-14-7-5-6-8-16(14)13-9-10-13/h5-8,13,15H,3-4,9-12,18H2,1-2H3. The van der Waals surface area contributed by atoms with Crippen LogP contribution in [-0.4, -0.2) is 30.4 Å². The predicted octanol–water partition coefficient (Wildman–Crippen LogP) is 2.55. The first-order valence-corrected chi connectivity index (χ1v) is 7.77. The SMILES string of the molecule is CCN(CC)C(=O)C(CN)Cc1ccccc1C1CC1. The molecule has 0 saturated heterocycles. The minimum Gasteiger partial charge on any atom is -0.343 e. The summed E-state index contributed by atoms with van der Waals surface area (Å²) in [6.45, 7) is 5.99. The largest absolute Gasteiger partial charge is 0.343 e. The fourth-order valence-corrected chi connectivity index (χ4v) is 2.84. The predicted molar refractivity (Wildman–Crippen MR) is 82.6 cm³/mol. The Balaban J connectivity index is 2.12. The molecule has 0 heterocycles. The zero-order valence-corrected chi connectivity index (χ0v) is 12.6. The van der Waals surface area contributed by atoms with Gasteiger partial charge in [-0.05, 0) is 50.2 Å². The molecule has 1 aliphatic carbocycles. The lowest BCUT2D eigenvalue weighted by Gasteiger charge is -2.25.